The SMILES string of the molecule is COc1c(NC(C)c2cn[nH]c2)sc(C(C)=O)c1N. The lowest BCUT2D eigenvalue weighted by molar-refractivity contribution is 0.102. The number of anilines is 2. The number of hydrogen-bond acceptors (Lipinski definition) is 6. The fourth-order valence-electron chi connectivity index (χ4n) is 1.77. The quantitative estimate of drug-likeness (QED) is 0.731. The van der Waals surface area contributed by atoms with Gasteiger partial charge in [0, 0.05) is 18.7 Å². The standard InChI is InChI=1S/C12H16N4O2S/c1-6(8-4-14-15-5-8)16-12-10(18-3)9(13)11(19-12)7(2)17/h4-6,16H,13H2,1-3H3,(H,14,15). The number of hydrogen-bond donors (Lipinski definition) is 3. The zero-order valence-electron chi connectivity index (χ0n) is 11.0. The zero-order valence-corrected chi connectivity index (χ0v) is 11.8. The molecule has 0 bridgehead atoms. The second-order valence-electron chi connectivity index (χ2n) is 4.16. The third-order valence-electron chi connectivity index (χ3n) is 2.79. The summed E-state index contributed by atoms with van der Waals surface area (Å²) in [6.07, 6.45) is 3.56. The Morgan fingerprint density at radius 1 is 1.63 bits per heavy atom. The maximum atomic E-state index is 11.5. The van der Waals surface area contributed by atoms with E-state index < -0.39 is 0 Å². The van der Waals surface area contributed by atoms with Crippen LogP contribution in [0.15, 0.2) is 12.4 Å². The lowest BCUT2D eigenvalue weighted by Gasteiger charge is -2.13. The second-order valence-corrected chi connectivity index (χ2v) is 5.18. The van der Waals surface area contributed by atoms with Crippen LogP contribution in [0.1, 0.15) is 35.1 Å². The third kappa shape index (κ3) is 2.55. The van der Waals surface area contributed by atoms with Crippen LogP contribution in [-0.4, -0.2) is 23.1 Å². The van der Waals surface area contributed by atoms with E-state index in [0.717, 1.165) is 10.6 Å². The van der Waals surface area contributed by atoms with Crippen LogP contribution in [0.5, 0.6) is 5.75 Å². The summed E-state index contributed by atoms with van der Waals surface area (Å²) in [5.41, 5.74) is 7.32. The van der Waals surface area contributed by atoms with E-state index in [4.69, 9.17) is 10.5 Å². The van der Waals surface area contributed by atoms with Crippen LogP contribution in [-0.2, 0) is 0 Å². The summed E-state index contributed by atoms with van der Waals surface area (Å²) in [5.74, 6) is 0.454. The minimum atomic E-state index is -0.0650. The molecule has 0 aliphatic carbocycles. The number of ketones is 1. The first-order chi connectivity index (χ1) is 9.04. The minimum absolute atomic E-state index is 0.0329. The van der Waals surface area contributed by atoms with E-state index in [0.29, 0.717) is 16.3 Å². The Hall–Kier alpha value is -2.02. The van der Waals surface area contributed by atoms with Crippen LogP contribution in [0.3, 0.4) is 0 Å². The van der Waals surface area contributed by atoms with Gasteiger partial charge in [-0.3, -0.25) is 9.89 Å². The summed E-state index contributed by atoms with van der Waals surface area (Å²) in [5, 5.41) is 10.7. The third-order valence-corrected chi connectivity index (χ3v) is 4.01. The summed E-state index contributed by atoms with van der Waals surface area (Å²) in [7, 11) is 1.54. The molecule has 102 valence electrons. The smallest absolute Gasteiger partial charge is 0.176 e. The monoisotopic (exact) mass is 280 g/mol. The molecule has 0 fully saturated rings. The molecular weight excluding hydrogens is 264 g/mol. The molecule has 0 aliphatic rings. The highest BCUT2D eigenvalue weighted by Crippen LogP contribution is 2.43. The molecule has 0 aromatic carbocycles. The van der Waals surface area contributed by atoms with Gasteiger partial charge in [-0.2, -0.15) is 5.10 Å². The molecule has 7 heteroatoms. The van der Waals surface area contributed by atoms with Crippen LogP contribution in [0, 0.1) is 0 Å². The molecule has 19 heavy (non-hydrogen) atoms. The second kappa shape index (κ2) is 5.31. The van der Waals surface area contributed by atoms with Crippen LogP contribution < -0.4 is 15.8 Å². The normalized spacial score (nSPS) is 12.2. The number of nitrogens with zero attached hydrogens (tertiary/aromatic N) is 1. The fraction of sp³-hybridized carbons (Fsp3) is 0.333. The lowest BCUT2D eigenvalue weighted by atomic mass is 10.2. The molecular formula is C12H16N4O2S. The maximum Gasteiger partial charge on any atom is 0.176 e. The van der Waals surface area contributed by atoms with Gasteiger partial charge in [-0.25, -0.2) is 0 Å². The maximum absolute atomic E-state index is 11.5. The average Bonchev–Trinajstić information content (AvgIpc) is 2.97. The predicted octanol–water partition coefficient (Wildman–Crippen LogP) is 2.44. The topological polar surface area (TPSA) is 93.0 Å². The van der Waals surface area contributed by atoms with Crippen molar-refractivity contribution in [2.45, 2.75) is 19.9 Å². The zero-order chi connectivity index (χ0) is 14.0. The average molecular weight is 280 g/mol. The van der Waals surface area contributed by atoms with E-state index in [2.05, 4.69) is 15.5 Å². The van der Waals surface area contributed by atoms with Gasteiger partial charge >= 0.3 is 0 Å². The largest absolute Gasteiger partial charge is 0.492 e. The van der Waals surface area contributed by atoms with Gasteiger partial charge in [0.15, 0.2) is 11.5 Å². The van der Waals surface area contributed by atoms with Gasteiger partial charge in [0.2, 0.25) is 0 Å². The van der Waals surface area contributed by atoms with E-state index in [1.165, 1.54) is 25.4 Å². The van der Waals surface area contributed by atoms with Crippen molar-refractivity contribution in [3.63, 3.8) is 0 Å². The van der Waals surface area contributed by atoms with E-state index in [9.17, 15) is 4.79 Å². The first kappa shape index (κ1) is 13.4. The first-order valence-electron chi connectivity index (χ1n) is 5.77. The number of H-pyrrole nitrogens is 1. The molecule has 0 saturated heterocycles. The summed E-state index contributed by atoms with van der Waals surface area (Å²) in [6, 6.07) is 0.0329. The molecule has 0 radical (unpaired) electrons. The number of aromatic amines is 1. The number of nitrogen functional groups attached to an aromatic ring is 1. The molecule has 4 N–H and O–H groups in total. The number of Topliss-reactive ketones (excluding diaryl/α,β-unsaturated/α-hetero) is 1. The number of aromatic nitrogens is 2. The van der Waals surface area contributed by atoms with Crippen molar-refractivity contribution in [1.82, 2.24) is 10.2 Å². The van der Waals surface area contributed by atoms with Gasteiger partial charge in [0.05, 0.1) is 29.9 Å². The van der Waals surface area contributed by atoms with Gasteiger partial charge < -0.3 is 15.8 Å². The van der Waals surface area contributed by atoms with E-state index in [-0.39, 0.29) is 11.8 Å². The van der Waals surface area contributed by atoms with Crippen LogP contribution >= 0.6 is 11.3 Å². The number of nitrogens with two attached hydrogens (primary N) is 1. The molecule has 1 unspecified atom stereocenters. The highest BCUT2D eigenvalue weighted by molar-refractivity contribution is 7.19. The summed E-state index contributed by atoms with van der Waals surface area (Å²) in [4.78, 5) is 12.0. The molecule has 2 aromatic heterocycles. The minimum Gasteiger partial charge on any atom is -0.492 e. The number of carbonyl (C=O) groups is 1. The van der Waals surface area contributed by atoms with Gasteiger partial charge in [0.25, 0.3) is 0 Å². The summed E-state index contributed by atoms with van der Waals surface area (Å²) >= 11 is 1.30. The van der Waals surface area contributed by atoms with E-state index in [1.807, 2.05) is 13.1 Å². The van der Waals surface area contributed by atoms with Crippen molar-refractivity contribution >= 4 is 27.8 Å². The van der Waals surface area contributed by atoms with Crippen molar-refractivity contribution in [2.75, 3.05) is 18.2 Å². The fourth-order valence-corrected chi connectivity index (χ4v) is 2.84. The van der Waals surface area contributed by atoms with Crippen molar-refractivity contribution in [2.24, 2.45) is 0 Å². The number of rotatable bonds is 5. The molecule has 2 aromatic rings. The van der Waals surface area contributed by atoms with Crippen molar-refractivity contribution < 1.29 is 9.53 Å². The molecule has 0 aliphatic heterocycles. The van der Waals surface area contributed by atoms with Crippen molar-refractivity contribution in [1.29, 1.82) is 0 Å². The number of carbonyl (C=O) groups excluding carboxylic acids is 1. The number of thiophene rings is 1. The van der Waals surface area contributed by atoms with Crippen LogP contribution in [0.4, 0.5) is 10.7 Å². The molecule has 1 atom stereocenters. The molecule has 2 heterocycles. The number of methoxy groups -OCH3 is 1. The Bertz CT molecular complexity index is 577. The first-order valence-corrected chi connectivity index (χ1v) is 6.58. The molecule has 0 spiro atoms. The lowest BCUT2D eigenvalue weighted by Crippen LogP contribution is -2.05. The Kier molecular flexibility index (Phi) is 3.75. The van der Waals surface area contributed by atoms with Gasteiger partial charge in [-0.1, -0.05) is 0 Å². The Balaban J connectivity index is 2.29. The van der Waals surface area contributed by atoms with Crippen LogP contribution in [0.2, 0.25) is 0 Å². The molecule has 2 rings (SSSR count). The Labute approximate surface area is 115 Å². The highest BCUT2D eigenvalue weighted by Gasteiger charge is 2.21. The summed E-state index contributed by atoms with van der Waals surface area (Å²) < 4.78 is 5.27. The molecule has 6 nitrogen and oxygen atoms in total. The van der Waals surface area contributed by atoms with Gasteiger partial charge in [-0.05, 0) is 6.92 Å². The van der Waals surface area contributed by atoms with E-state index >= 15 is 0 Å². The number of nitrogens with one attached hydrogen (secondary N) is 2. The summed E-state index contributed by atoms with van der Waals surface area (Å²) in [6.45, 7) is 3.48. The highest BCUT2D eigenvalue weighted by atomic mass is 32.1. The Morgan fingerprint density at radius 2 is 2.37 bits per heavy atom. The van der Waals surface area contributed by atoms with Crippen LogP contribution in [0.25, 0.3) is 0 Å². The van der Waals surface area contributed by atoms with E-state index in [1.54, 1.807) is 6.20 Å². The molecule has 0 amide bonds. The predicted molar refractivity (Wildman–Crippen MR) is 75.9 cm³/mol. The number of ether oxygens (including phenoxy) is 1. The Morgan fingerprint density at radius 3 is 2.89 bits per heavy atom. The van der Waals surface area contributed by atoms with Crippen molar-refractivity contribution in [3.8, 4) is 5.75 Å². The molecule has 0 saturated carbocycles. The van der Waals surface area contributed by atoms with Gasteiger partial charge in [0.1, 0.15) is 5.00 Å². The van der Waals surface area contributed by atoms with Crippen molar-refractivity contribution in [3.05, 3.63) is 22.8 Å². The van der Waals surface area contributed by atoms with Gasteiger partial charge in [-0.15, -0.1) is 11.3 Å².